The van der Waals surface area contributed by atoms with Crippen molar-refractivity contribution in [1.29, 1.82) is 0 Å². The van der Waals surface area contributed by atoms with Crippen LogP contribution in [0.3, 0.4) is 0 Å². The zero-order chi connectivity index (χ0) is 19.2. The molecule has 144 valence electrons. The van der Waals surface area contributed by atoms with Crippen LogP contribution in [0.2, 0.25) is 0 Å². The Morgan fingerprint density at radius 2 is 2.04 bits per heavy atom. The number of carbonyl (C=O) groups is 1. The standard InChI is InChI=1S/C21H23N5O2/c27-20(14-26-11-5-6-16(13-26)21-22-15-23-25-21)24-17-7-4-10-19(12-17)28-18-8-2-1-3-9-18/h1-4,7-10,12,15-16H,5-6,11,13-14H2,(H,24,27)(H,22,23,25)/t16-/m0/s1. The minimum absolute atomic E-state index is 0.0323. The fourth-order valence-electron chi connectivity index (χ4n) is 3.50. The van der Waals surface area contributed by atoms with Crippen molar-refractivity contribution in [2.75, 3.05) is 25.0 Å². The van der Waals surface area contributed by atoms with Crippen LogP contribution in [0.15, 0.2) is 60.9 Å². The van der Waals surface area contributed by atoms with Crippen LogP contribution in [0.4, 0.5) is 5.69 Å². The number of amides is 1. The smallest absolute Gasteiger partial charge is 0.238 e. The summed E-state index contributed by atoms with van der Waals surface area (Å²) in [4.78, 5) is 18.9. The second-order valence-electron chi connectivity index (χ2n) is 6.94. The molecule has 0 unspecified atom stereocenters. The van der Waals surface area contributed by atoms with Crippen LogP contribution in [0.25, 0.3) is 0 Å². The average Bonchev–Trinajstić information content (AvgIpc) is 3.24. The van der Waals surface area contributed by atoms with Crippen molar-refractivity contribution in [3.63, 3.8) is 0 Å². The average molecular weight is 377 g/mol. The van der Waals surface area contributed by atoms with E-state index in [9.17, 15) is 4.79 Å². The lowest BCUT2D eigenvalue weighted by molar-refractivity contribution is -0.117. The van der Waals surface area contributed by atoms with Crippen LogP contribution in [-0.2, 0) is 4.79 Å². The van der Waals surface area contributed by atoms with Gasteiger partial charge < -0.3 is 10.1 Å². The van der Waals surface area contributed by atoms with Crippen LogP contribution in [-0.4, -0.2) is 45.6 Å². The summed E-state index contributed by atoms with van der Waals surface area (Å²) in [6, 6.07) is 17.0. The molecule has 1 aliphatic heterocycles. The number of benzene rings is 2. The SMILES string of the molecule is O=C(CN1CCC[C@H](c2ncn[nH]2)C1)Nc1cccc(Oc2ccccc2)c1. The summed E-state index contributed by atoms with van der Waals surface area (Å²) in [6.07, 6.45) is 3.64. The highest BCUT2D eigenvalue weighted by Crippen LogP contribution is 2.25. The topological polar surface area (TPSA) is 83.1 Å². The molecule has 7 nitrogen and oxygen atoms in total. The molecule has 1 aromatic heterocycles. The summed E-state index contributed by atoms with van der Waals surface area (Å²) in [5, 5.41) is 9.84. The molecule has 2 aromatic carbocycles. The predicted molar refractivity (Wildman–Crippen MR) is 106 cm³/mol. The Balaban J connectivity index is 1.33. The van der Waals surface area contributed by atoms with Gasteiger partial charge in [0.2, 0.25) is 5.91 Å². The number of H-pyrrole nitrogens is 1. The fraction of sp³-hybridized carbons (Fsp3) is 0.286. The summed E-state index contributed by atoms with van der Waals surface area (Å²) < 4.78 is 5.83. The molecule has 7 heteroatoms. The van der Waals surface area contributed by atoms with Gasteiger partial charge in [-0.05, 0) is 43.7 Å². The maximum absolute atomic E-state index is 12.5. The van der Waals surface area contributed by atoms with Crippen LogP contribution in [0, 0.1) is 0 Å². The third-order valence-corrected chi connectivity index (χ3v) is 4.79. The number of nitrogens with one attached hydrogen (secondary N) is 2. The Hall–Kier alpha value is -3.19. The van der Waals surface area contributed by atoms with E-state index in [0.717, 1.165) is 43.2 Å². The van der Waals surface area contributed by atoms with E-state index < -0.39 is 0 Å². The molecule has 28 heavy (non-hydrogen) atoms. The lowest BCUT2D eigenvalue weighted by Gasteiger charge is -2.31. The van der Waals surface area contributed by atoms with E-state index in [-0.39, 0.29) is 5.91 Å². The first-order valence-electron chi connectivity index (χ1n) is 9.47. The highest BCUT2D eigenvalue weighted by molar-refractivity contribution is 5.92. The number of hydrogen-bond acceptors (Lipinski definition) is 5. The molecule has 3 aromatic rings. The molecule has 0 spiro atoms. The molecule has 2 N–H and O–H groups in total. The van der Waals surface area contributed by atoms with Crippen molar-refractivity contribution >= 4 is 11.6 Å². The number of aromatic nitrogens is 3. The molecule has 0 saturated carbocycles. The maximum atomic E-state index is 12.5. The van der Waals surface area contributed by atoms with Crippen molar-refractivity contribution in [1.82, 2.24) is 20.1 Å². The quantitative estimate of drug-likeness (QED) is 0.688. The summed E-state index contributed by atoms with van der Waals surface area (Å²) in [5.41, 5.74) is 0.724. The number of anilines is 1. The van der Waals surface area contributed by atoms with Gasteiger partial charge in [0.15, 0.2) is 0 Å². The first-order chi connectivity index (χ1) is 13.8. The van der Waals surface area contributed by atoms with Gasteiger partial charge in [0.25, 0.3) is 0 Å². The number of carbonyl (C=O) groups excluding carboxylic acids is 1. The third kappa shape index (κ3) is 4.75. The maximum Gasteiger partial charge on any atom is 0.238 e. The molecule has 4 rings (SSSR count). The van der Waals surface area contributed by atoms with Gasteiger partial charge in [0.1, 0.15) is 23.7 Å². The van der Waals surface area contributed by atoms with E-state index in [4.69, 9.17) is 4.74 Å². The highest BCUT2D eigenvalue weighted by atomic mass is 16.5. The van der Waals surface area contributed by atoms with Crippen LogP contribution in [0.5, 0.6) is 11.5 Å². The molecular formula is C21H23N5O2. The number of ether oxygens (including phenoxy) is 1. The normalized spacial score (nSPS) is 17.2. The largest absolute Gasteiger partial charge is 0.457 e. The number of likely N-dealkylation sites (tertiary alicyclic amines) is 1. The minimum atomic E-state index is -0.0323. The molecule has 0 bridgehead atoms. The Labute approximate surface area is 163 Å². The van der Waals surface area contributed by atoms with E-state index in [0.29, 0.717) is 18.2 Å². The predicted octanol–water partition coefficient (Wildman–Crippen LogP) is 3.42. The van der Waals surface area contributed by atoms with E-state index in [1.807, 2.05) is 54.6 Å². The van der Waals surface area contributed by atoms with Gasteiger partial charge >= 0.3 is 0 Å². The molecule has 0 radical (unpaired) electrons. The van der Waals surface area contributed by atoms with E-state index in [2.05, 4.69) is 25.4 Å². The molecule has 0 aliphatic carbocycles. The summed E-state index contributed by atoms with van der Waals surface area (Å²) >= 11 is 0. The number of nitrogens with zero attached hydrogens (tertiary/aromatic N) is 3. The van der Waals surface area contributed by atoms with Crippen molar-refractivity contribution in [3.05, 3.63) is 66.7 Å². The number of aromatic amines is 1. The summed E-state index contributed by atoms with van der Waals surface area (Å²) in [7, 11) is 0. The second kappa shape index (κ2) is 8.67. The Morgan fingerprint density at radius 3 is 2.86 bits per heavy atom. The van der Waals surface area contributed by atoms with E-state index in [1.165, 1.54) is 6.33 Å². The number of para-hydroxylation sites is 1. The molecule has 1 fully saturated rings. The van der Waals surface area contributed by atoms with Gasteiger partial charge in [-0.2, -0.15) is 5.10 Å². The van der Waals surface area contributed by atoms with Crippen molar-refractivity contribution in [2.45, 2.75) is 18.8 Å². The third-order valence-electron chi connectivity index (χ3n) is 4.79. The van der Waals surface area contributed by atoms with Gasteiger partial charge in [-0.15, -0.1) is 0 Å². The van der Waals surface area contributed by atoms with E-state index >= 15 is 0 Å². The molecule has 1 aliphatic rings. The van der Waals surface area contributed by atoms with Crippen LogP contribution < -0.4 is 10.1 Å². The molecule has 1 amide bonds. The zero-order valence-electron chi connectivity index (χ0n) is 15.5. The Kier molecular flexibility index (Phi) is 5.63. The molecule has 1 atom stereocenters. The van der Waals surface area contributed by atoms with Crippen molar-refractivity contribution in [3.8, 4) is 11.5 Å². The minimum Gasteiger partial charge on any atom is -0.457 e. The van der Waals surface area contributed by atoms with Gasteiger partial charge in [-0.1, -0.05) is 24.3 Å². The molecule has 2 heterocycles. The first kappa shape index (κ1) is 18.2. The lowest BCUT2D eigenvalue weighted by Crippen LogP contribution is -2.40. The highest BCUT2D eigenvalue weighted by Gasteiger charge is 2.24. The summed E-state index contributed by atoms with van der Waals surface area (Å²) in [6.45, 7) is 2.07. The van der Waals surface area contributed by atoms with Gasteiger partial charge in [0.05, 0.1) is 6.54 Å². The van der Waals surface area contributed by atoms with Crippen LogP contribution in [0.1, 0.15) is 24.6 Å². The first-order valence-corrected chi connectivity index (χ1v) is 9.47. The Morgan fingerprint density at radius 1 is 1.18 bits per heavy atom. The van der Waals surface area contributed by atoms with Gasteiger partial charge in [-0.25, -0.2) is 4.98 Å². The number of piperidine rings is 1. The van der Waals surface area contributed by atoms with Gasteiger partial charge in [0, 0.05) is 24.2 Å². The monoisotopic (exact) mass is 377 g/mol. The Bertz CT molecular complexity index is 898. The van der Waals surface area contributed by atoms with Crippen LogP contribution >= 0.6 is 0 Å². The van der Waals surface area contributed by atoms with Crippen molar-refractivity contribution < 1.29 is 9.53 Å². The van der Waals surface area contributed by atoms with Gasteiger partial charge in [-0.3, -0.25) is 14.8 Å². The summed E-state index contributed by atoms with van der Waals surface area (Å²) in [5.74, 6) is 2.61. The molecule has 1 saturated heterocycles. The zero-order valence-corrected chi connectivity index (χ0v) is 15.5. The number of hydrogen-bond donors (Lipinski definition) is 2. The number of rotatable bonds is 6. The lowest BCUT2D eigenvalue weighted by atomic mass is 9.97. The van der Waals surface area contributed by atoms with E-state index in [1.54, 1.807) is 0 Å². The molecular weight excluding hydrogens is 354 g/mol. The fourth-order valence-corrected chi connectivity index (χ4v) is 3.50. The van der Waals surface area contributed by atoms with Crippen molar-refractivity contribution in [2.24, 2.45) is 0 Å². The second-order valence-corrected chi connectivity index (χ2v) is 6.94.